The van der Waals surface area contributed by atoms with Crippen LogP contribution in [0.4, 0.5) is 5.69 Å². The molecule has 10 heteroatoms. The van der Waals surface area contributed by atoms with E-state index in [2.05, 4.69) is 44.9 Å². The van der Waals surface area contributed by atoms with Crippen molar-refractivity contribution < 1.29 is 14.3 Å². The van der Waals surface area contributed by atoms with Crippen LogP contribution in [-0.2, 0) is 16.1 Å². The van der Waals surface area contributed by atoms with Gasteiger partial charge in [0.2, 0.25) is 5.91 Å². The molecule has 2 aromatic carbocycles. The third kappa shape index (κ3) is 6.05. The maximum atomic E-state index is 13.1. The molecule has 9 nitrogen and oxygen atoms in total. The maximum absolute atomic E-state index is 13.1. The molecule has 0 saturated heterocycles. The molecule has 1 aromatic heterocycles. The van der Waals surface area contributed by atoms with Gasteiger partial charge in [-0.05, 0) is 76.1 Å². The van der Waals surface area contributed by atoms with Crippen LogP contribution in [0.25, 0.3) is 0 Å². The van der Waals surface area contributed by atoms with Crippen molar-refractivity contribution in [3.8, 4) is 5.75 Å². The summed E-state index contributed by atoms with van der Waals surface area (Å²) in [7, 11) is 0.711. The topological polar surface area (TPSA) is 111 Å². The Morgan fingerprint density at radius 3 is 2.29 bits per heavy atom. The van der Waals surface area contributed by atoms with E-state index in [0.717, 1.165) is 0 Å². The highest BCUT2D eigenvalue weighted by atomic mass is 32.3. The van der Waals surface area contributed by atoms with E-state index in [0.29, 0.717) is 17.0 Å². The van der Waals surface area contributed by atoms with Crippen molar-refractivity contribution in [1.29, 1.82) is 0 Å². The standard InChI is InChI=1S/C21H26N6O3S/c1-30-17-9-5-15(6-10-17)20(24-19(28)13-27-14-22-25-26-27)21(29)23-16-7-11-18(12-8-16)31(2,3)4/h5-12,14,20H,13H2,1-4H3,(H,23,29)(H,24,28). The molecule has 0 saturated carbocycles. The van der Waals surface area contributed by atoms with Gasteiger partial charge < -0.3 is 15.4 Å². The molecule has 0 spiro atoms. The molecule has 0 aliphatic carbocycles. The van der Waals surface area contributed by atoms with Gasteiger partial charge in [0.1, 0.15) is 24.7 Å². The second-order valence-electron chi connectivity index (χ2n) is 7.63. The lowest BCUT2D eigenvalue weighted by molar-refractivity contribution is -0.127. The maximum Gasteiger partial charge on any atom is 0.251 e. The highest BCUT2D eigenvalue weighted by Crippen LogP contribution is 2.45. The fourth-order valence-electron chi connectivity index (χ4n) is 2.86. The average Bonchev–Trinajstić information content (AvgIpc) is 3.25. The van der Waals surface area contributed by atoms with Crippen molar-refractivity contribution in [2.75, 3.05) is 31.2 Å². The normalized spacial score (nSPS) is 12.6. The van der Waals surface area contributed by atoms with E-state index < -0.39 is 22.0 Å². The largest absolute Gasteiger partial charge is 0.497 e. The third-order valence-electron chi connectivity index (χ3n) is 4.54. The molecule has 1 heterocycles. The van der Waals surface area contributed by atoms with Crippen LogP contribution in [0.2, 0.25) is 0 Å². The van der Waals surface area contributed by atoms with Crippen LogP contribution in [0.3, 0.4) is 0 Å². The van der Waals surface area contributed by atoms with Crippen LogP contribution in [0.5, 0.6) is 5.75 Å². The summed E-state index contributed by atoms with van der Waals surface area (Å²) >= 11 is 0. The molecule has 3 aromatic rings. The number of nitrogens with one attached hydrogen (secondary N) is 2. The molecule has 0 aliphatic rings. The quantitative estimate of drug-likeness (QED) is 0.553. The number of amides is 2. The van der Waals surface area contributed by atoms with Crippen LogP contribution >= 0.6 is 10.0 Å². The second-order valence-corrected chi connectivity index (χ2v) is 11.8. The van der Waals surface area contributed by atoms with Crippen LogP contribution in [0.15, 0.2) is 59.8 Å². The number of ether oxygens (including phenoxy) is 1. The first-order chi connectivity index (χ1) is 14.8. The summed E-state index contributed by atoms with van der Waals surface area (Å²) < 4.78 is 6.47. The average molecular weight is 443 g/mol. The number of benzene rings is 2. The third-order valence-corrected chi connectivity index (χ3v) is 6.23. The summed E-state index contributed by atoms with van der Waals surface area (Å²) in [6.45, 7) is -0.101. The van der Waals surface area contributed by atoms with Gasteiger partial charge >= 0.3 is 0 Å². The Kier molecular flexibility index (Phi) is 6.91. The molecular formula is C21H26N6O3S. The molecule has 0 aliphatic heterocycles. The summed E-state index contributed by atoms with van der Waals surface area (Å²) in [5, 5.41) is 16.3. The van der Waals surface area contributed by atoms with Gasteiger partial charge in [-0.2, -0.15) is 0 Å². The summed E-state index contributed by atoms with van der Waals surface area (Å²) in [6.07, 6.45) is 7.96. The fourth-order valence-corrected chi connectivity index (χ4v) is 3.82. The first-order valence-corrected chi connectivity index (χ1v) is 12.4. The van der Waals surface area contributed by atoms with E-state index >= 15 is 0 Å². The SMILES string of the molecule is COc1ccc(C(NC(=O)Cn2cnnn2)C(=O)Nc2ccc(S(C)(C)C)cc2)cc1. The van der Waals surface area contributed by atoms with Crippen molar-refractivity contribution in [2.24, 2.45) is 0 Å². The second kappa shape index (κ2) is 9.61. The van der Waals surface area contributed by atoms with Crippen molar-refractivity contribution in [3.63, 3.8) is 0 Å². The van der Waals surface area contributed by atoms with Crippen LogP contribution < -0.4 is 15.4 Å². The van der Waals surface area contributed by atoms with Gasteiger partial charge in [-0.1, -0.05) is 12.1 Å². The number of carbonyl (C=O) groups is 2. The van der Waals surface area contributed by atoms with Crippen LogP contribution in [0.1, 0.15) is 11.6 Å². The van der Waals surface area contributed by atoms with Gasteiger partial charge in [0.15, 0.2) is 0 Å². The number of hydrogen-bond acceptors (Lipinski definition) is 6. The lowest BCUT2D eigenvalue weighted by Gasteiger charge is -2.26. The van der Waals surface area contributed by atoms with E-state index in [-0.39, 0.29) is 12.5 Å². The molecule has 2 amide bonds. The molecule has 164 valence electrons. The fraction of sp³-hybridized carbons (Fsp3) is 0.286. The van der Waals surface area contributed by atoms with E-state index in [4.69, 9.17) is 4.74 Å². The Bertz CT molecular complexity index is 1010. The summed E-state index contributed by atoms with van der Waals surface area (Å²) in [4.78, 5) is 26.8. The molecule has 0 bridgehead atoms. The summed E-state index contributed by atoms with van der Waals surface area (Å²) in [5.74, 6) is -0.0933. The Morgan fingerprint density at radius 2 is 1.74 bits per heavy atom. The highest BCUT2D eigenvalue weighted by Gasteiger charge is 2.23. The van der Waals surface area contributed by atoms with Gasteiger partial charge in [0.05, 0.1) is 7.11 Å². The molecule has 1 unspecified atom stereocenters. The first-order valence-electron chi connectivity index (χ1n) is 9.49. The van der Waals surface area contributed by atoms with Gasteiger partial charge in [0.25, 0.3) is 5.91 Å². The predicted octanol–water partition coefficient (Wildman–Crippen LogP) is 2.23. The molecule has 1 atom stereocenters. The Balaban J connectivity index is 1.78. The van der Waals surface area contributed by atoms with Crippen molar-refractivity contribution in [3.05, 3.63) is 60.4 Å². The van der Waals surface area contributed by atoms with E-state index in [9.17, 15) is 9.59 Å². The van der Waals surface area contributed by atoms with Crippen LogP contribution in [0, 0.1) is 0 Å². The lowest BCUT2D eigenvalue weighted by atomic mass is 10.1. The monoisotopic (exact) mass is 442 g/mol. The number of methoxy groups -OCH3 is 1. The smallest absolute Gasteiger partial charge is 0.251 e. The number of rotatable bonds is 8. The minimum absolute atomic E-state index is 0.101. The lowest BCUT2D eigenvalue weighted by Crippen LogP contribution is -2.38. The number of anilines is 1. The Hall–Kier alpha value is -3.40. The Morgan fingerprint density at radius 1 is 1.06 bits per heavy atom. The Labute approximate surface area is 182 Å². The zero-order chi connectivity index (χ0) is 22.4. The summed E-state index contributed by atoms with van der Waals surface area (Å²) in [6, 6.07) is 13.8. The van der Waals surface area contributed by atoms with Gasteiger partial charge in [0, 0.05) is 5.69 Å². The van der Waals surface area contributed by atoms with E-state index in [1.165, 1.54) is 15.9 Å². The number of hydrogen-bond donors (Lipinski definition) is 2. The van der Waals surface area contributed by atoms with Gasteiger partial charge in [-0.25, -0.2) is 14.7 Å². The molecule has 0 radical (unpaired) electrons. The highest BCUT2D eigenvalue weighted by molar-refractivity contribution is 8.32. The number of nitrogens with zero attached hydrogens (tertiary/aromatic N) is 4. The predicted molar refractivity (Wildman–Crippen MR) is 120 cm³/mol. The zero-order valence-corrected chi connectivity index (χ0v) is 18.7. The minimum Gasteiger partial charge on any atom is -0.497 e. The first kappa shape index (κ1) is 22.3. The van der Waals surface area contributed by atoms with Crippen molar-refractivity contribution >= 4 is 27.5 Å². The minimum atomic E-state index is -0.900. The number of aromatic nitrogens is 4. The van der Waals surface area contributed by atoms with Gasteiger partial charge in [-0.15, -0.1) is 5.10 Å². The molecular weight excluding hydrogens is 416 g/mol. The zero-order valence-electron chi connectivity index (χ0n) is 17.9. The number of tetrazole rings is 1. The molecule has 3 rings (SSSR count). The molecule has 2 N–H and O–H groups in total. The van der Waals surface area contributed by atoms with E-state index in [1.807, 2.05) is 24.3 Å². The van der Waals surface area contributed by atoms with Crippen LogP contribution in [-0.4, -0.2) is 57.9 Å². The van der Waals surface area contributed by atoms with Gasteiger partial charge in [-0.3, -0.25) is 9.59 Å². The van der Waals surface area contributed by atoms with E-state index in [1.54, 1.807) is 31.4 Å². The van der Waals surface area contributed by atoms with Crippen molar-refractivity contribution in [1.82, 2.24) is 25.5 Å². The number of carbonyl (C=O) groups excluding carboxylic acids is 2. The van der Waals surface area contributed by atoms with Crippen molar-refractivity contribution in [2.45, 2.75) is 17.5 Å². The molecule has 31 heavy (non-hydrogen) atoms. The summed E-state index contributed by atoms with van der Waals surface area (Å²) in [5.41, 5.74) is 1.28. The molecule has 0 fully saturated rings.